The lowest BCUT2D eigenvalue weighted by atomic mass is 10.2. The second kappa shape index (κ2) is 7.24. The maximum atomic E-state index is 13.8. The molecule has 4 rings (SSSR count). The fraction of sp³-hybridized carbons (Fsp3) is 0.150. The van der Waals surface area contributed by atoms with Crippen LogP contribution in [0, 0.1) is 31.0 Å². The zero-order valence-corrected chi connectivity index (χ0v) is 16.7. The van der Waals surface area contributed by atoms with Crippen LogP contribution < -0.4 is 11.2 Å². The van der Waals surface area contributed by atoms with Crippen molar-refractivity contribution in [3.8, 4) is 17.4 Å². The Labute approximate surface area is 174 Å². The molecule has 1 aromatic carbocycles. The summed E-state index contributed by atoms with van der Waals surface area (Å²) in [6.07, 6.45) is 4.50. The first-order chi connectivity index (χ1) is 14.3. The minimum absolute atomic E-state index is 0.0408. The highest BCUT2D eigenvalue weighted by molar-refractivity contribution is 6.35. The van der Waals surface area contributed by atoms with Gasteiger partial charge in [0.15, 0.2) is 0 Å². The number of benzene rings is 1. The molecule has 0 amide bonds. The molecule has 0 aliphatic carbocycles. The molecule has 0 aliphatic heterocycles. The SMILES string of the molecule is Cc1cncc(-n2c(=O)c(-n3cc4ccc(F)c(Cl)c4n3)c(C)n(CC#N)c2=O)c1. The number of fused-ring (bicyclic) bond motifs is 1. The van der Waals surface area contributed by atoms with Gasteiger partial charge >= 0.3 is 5.69 Å². The highest BCUT2D eigenvalue weighted by Crippen LogP contribution is 2.26. The molecule has 30 heavy (non-hydrogen) atoms. The maximum Gasteiger partial charge on any atom is 0.336 e. The molecule has 3 heterocycles. The molecular formula is C20H14ClFN6O2. The summed E-state index contributed by atoms with van der Waals surface area (Å²) >= 11 is 6.02. The predicted octanol–water partition coefficient (Wildman–Crippen LogP) is 2.67. The Bertz CT molecular complexity index is 1480. The Morgan fingerprint density at radius 2 is 2.00 bits per heavy atom. The first-order valence-corrected chi connectivity index (χ1v) is 9.20. The van der Waals surface area contributed by atoms with Crippen molar-refractivity contribution in [2.75, 3.05) is 0 Å². The second-order valence-corrected chi connectivity index (χ2v) is 7.07. The number of nitrogens with zero attached hydrogens (tertiary/aromatic N) is 6. The topological polar surface area (TPSA) is 98.5 Å². The second-order valence-electron chi connectivity index (χ2n) is 6.69. The van der Waals surface area contributed by atoms with E-state index in [9.17, 15) is 19.2 Å². The van der Waals surface area contributed by atoms with E-state index in [2.05, 4.69) is 10.1 Å². The summed E-state index contributed by atoms with van der Waals surface area (Å²) in [4.78, 5) is 30.4. The van der Waals surface area contributed by atoms with Crippen molar-refractivity contribution < 1.29 is 4.39 Å². The third-order valence-corrected chi connectivity index (χ3v) is 5.08. The molecule has 150 valence electrons. The molecule has 0 fully saturated rings. The molecule has 0 bridgehead atoms. The normalized spacial score (nSPS) is 11.0. The fourth-order valence-corrected chi connectivity index (χ4v) is 3.50. The highest BCUT2D eigenvalue weighted by Gasteiger charge is 2.21. The number of nitriles is 1. The monoisotopic (exact) mass is 424 g/mol. The molecule has 0 aliphatic rings. The van der Waals surface area contributed by atoms with Crippen molar-refractivity contribution in [3.63, 3.8) is 0 Å². The smallest absolute Gasteiger partial charge is 0.282 e. The Balaban J connectivity index is 2.11. The van der Waals surface area contributed by atoms with E-state index < -0.39 is 17.1 Å². The lowest BCUT2D eigenvalue weighted by Gasteiger charge is -2.15. The first-order valence-electron chi connectivity index (χ1n) is 8.82. The molecule has 8 nitrogen and oxygen atoms in total. The van der Waals surface area contributed by atoms with Crippen LogP contribution in [-0.2, 0) is 6.54 Å². The van der Waals surface area contributed by atoms with E-state index in [1.165, 1.54) is 33.8 Å². The molecule has 0 saturated carbocycles. The minimum Gasteiger partial charge on any atom is -0.282 e. The van der Waals surface area contributed by atoms with Gasteiger partial charge in [-0.2, -0.15) is 10.4 Å². The van der Waals surface area contributed by atoms with Crippen LogP contribution in [0.15, 0.2) is 46.4 Å². The van der Waals surface area contributed by atoms with Gasteiger partial charge in [0, 0.05) is 17.8 Å². The summed E-state index contributed by atoms with van der Waals surface area (Å²) in [6, 6.07) is 6.26. The first kappa shape index (κ1) is 19.5. The number of aryl methyl sites for hydroxylation is 1. The summed E-state index contributed by atoms with van der Waals surface area (Å²) in [7, 11) is 0. The lowest BCUT2D eigenvalue weighted by Crippen LogP contribution is -2.42. The van der Waals surface area contributed by atoms with Gasteiger partial charge in [-0.3, -0.25) is 14.3 Å². The van der Waals surface area contributed by atoms with Crippen LogP contribution in [0.2, 0.25) is 5.02 Å². The predicted molar refractivity (Wildman–Crippen MR) is 109 cm³/mol. The molecule has 0 radical (unpaired) electrons. The van der Waals surface area contributed by atoms with Gasteiger partial charge in [0.25, 0.3) is 5.56 Å². The summed E-state index contributed by atoms with van der Waals surface area (Å²) in [5, 5.41) is 13.8. The summed E-state index contributed by atoms with van der Waals surface area (Å²) in [5.74, 6) is -0.635. The number of halogens is 2. The minimum atomic E-state index is -0.670. The summed E-state index contributed by atoms with van der Waals surface area (Å²) in [6.45, 7) is 3.05. The van der Waals surface area contributed by atoms with E-state index in [0.29, 0.717) is 5.39 Å². The fourth-order valence-electron chi connectivity index (χ4n) is 3.29. The lowest BCUT2D eigenvalue weighted by molar-refractivity contribution is 0.629. The van der Waals surface area contributed by atoms with Crippen LogP contribution in [0.5, 0.6) is 0 Å². The highest BCUT2D eigenvalue weighted by atomic mass is 35.5. The van der Waals surface area contributed by atoms with Crippen molar-refractivity contribution in [3.05, 3.63) is 79.7 Å². The van der Waals surface area contributed by atoms with Gasteiger partial charge < -0.3 is 0 Å². The van der Waals surface area contributed by atoms with Crippen molar-refractivity contribution in [1.29, 1.82) is 5.26 Å². The molecule has 4 aromatic rings. The van der Waals surface area contributed by atoms with Gasteiger partial charge in [0.05, 0.1) is 23.6 Å². The van der Waals surface area contributed by atoms with Crippen molar-refractivity contribution in [2.24, 2.45) is 0 Å². The largest absolute Gasteiger partial charge is 0.336 e. The molecule has 10 heteroatoms. The van der Waals surface area contributed by atoms with Crippen LogP contribution in [-0.4, -0.2) is 23.9 Å². The third kappa shape index (κ3) is 2.98. The van der Waals surface area contributed by atoms with Crippen LogP contribution in [0.3, 0.4) is 0 Å². The van der Waals surface area contributed by atoms with E-state index in [1.54, 1.807) is 26.1 Å². The third-order valence-electron chi connectivity index (χ3n) is 4.72. The van der Waals surface area contributed by atoms with Crippen molar-refractivity contribution >= 4 is 22.5 Å². The van der Waals surface area contributed by atoms with Crippen molar-refractivity contribution in [2.45, 2.75) is 20.4 Å². The van der Waals surface area contributed by atoms with E-state index in [0.717, 1.165) is 10.1 Å². The quantitative estimate of drug-likeness (QED) is 0.503. The average molecular weight is 425 g/mol. The molecule has 0 N–H and O–H groups in total. The average Bonchev–Trinajstić information content (AvgIpc) is 3.13. The number of hydrogen-bond acceptors (Lipinski definition) is 5. The molecule has 0 saturated heterocycles. The van der Waals surface area contributed by atoms with Gasteiger partial charge in [0.1, 0.15) is 28.6 Å². The standard InChI is InChI=1S/C20H14ClFN6O2/c1-11-7-14(9-24-8-11)28-19(29)18(12(2)26(6-5-23)20(28)30)27-10-13-3-4-15(22)16(21)17(13)25-27/h3-4,7-10H,6H2,1-2H3. The van der Waals surface area contributed by atoms with Gasteiger partial charge in [-0.25, -0.2) is 18.4 Å². The Hall–Kier alpha value is -3.77. The van der Waals surface area contributed by atoms with Crippen molar-refractivity contribution in [1.82, 2.24) is 23.9 Å². The van der Waals surface area contributed by atoms with E-state index in [4.69, 9.17) is 11.6 Å². The summed E-state index contributed by atoms with van der Waals surface area (Å²) < 4.78 is 17.2. The van der Waals surface area contributed by atoms with Gasteiger partial charge in [-0.1, -0.05) is 11.6 Å². The van der Waals surface area contributed by atoms with Crippen LogP contribution in [0.4, 0.5) is 4.39 Å². The van der Waals surface area contributed by atoms with E-state index in [-0.39, 0.29) is 34.2 Å². The van der Waals surface area contributed by atoms with E-state index >= 15 is 0 Å². The van der Waals surface area contributed by atoms with Gasteiger partial charge in [-0.15, -0.1) is 0 Å². The zero-order chi connectivity index (χ0) is 21.6. The Kier molecular flexibility index (Phi) is 4.72. The molecule has 0 atom stereocenters. The zero-order valence-electron chi connectivity index (χ0n) is 15.9. The van der Waals surface area contributed by atoms with Gasteiger partial charge in [0.2, 0.25) is 0 Å². The van der Waals surface area contributed by atoms with Crippen LogP contribution >= 0.6 is 11.6 Å². The number of rotatable bonds is 3. The van der Waals surface area contributed by atoms with Crippen LogP contribution in [0.25, 0.3) is 22.3 Å². The molecule has 0 unspecified atom stereocenters. The number of hydrogen-bond donors (Lipinski definition) is 0. The number of pyridine rings is 1. The van der Waals surface area contributed by atoms with Crippen LogP contribution in [0.1, 0.15) is 11.3 Å². The Morgan fingerprint density at radius 1 is 1.23 bits per heavy atom. The summed E-state index contributed by atoms with van der Waals surface area (Å²) in [5.41, 5.74) is 0.155. The molecular weight excluding hydrogens is 411 g/mol. The molecule has 3 aromatic heterocycles. The maximum absolute atomic E-state index is 13.8. The van der Waals surface area contributed by atoms with E-state index in [1.807, 2.05) is 6.07 Å². The number of aromatic nitrogens is 5. The Morgan fingerprint density at radius 3 is 2.70 bits per heavy atom. The van der Waals surface area contributed by atoms with Gasteiger partial charge in [-0.05, 0) is 37.6 Å². The molecule has 0 spiro atoms.